The summed E-state index contributed by atoms with van der Waals surface area (Å²) in [5, 5.41) is 7.19. The van der Waals surface area contributed by atoms with E-state index in [1.54, 1.807) is 0 Å². The second kappa shape index (κ2) is 8.10. The van der Waals surface area contributed by atoms with Crippen LogP contribution in [0.1, 0.15) is 36.9 Å². The Bertz CT molecular complexity index is 810. The molecule has 27 heavy (non-hydrogen) atoms. The SMILES string of the molecule is CCCCN1C/C(=C\c2ccccc2)C2=NN(C)C(c3ccccc3)C2C1. The first-order chi connectivity index (χ1) is 13.3. The van der Waals surface area contributed by atoms with Gasteiger partial charge in [0.25, 0.3) is 0 Å². The lowest BCUT2D eigenvalue weighted by atomic mass is 9.83. The monoisotopic (exact) mass is 359 g/mol. The Balaban J connectivity index is 1.68. The van der Waals surface area contributed by atoms with E-state index in [-0.39, 0.29) is 0 Å². The molecule has 1 saturated heterocycles. The molecule has 0 amide bonds. The van der Waals surface area contributed by atoms with Gasteiger partial charge in [0.05, 0.1) is 11.8 Å². The van der Waals surface area contributed by atoms with Crippen LogP contribution < -0.4 is 0 Å². The number of benzene rings is 2. The Kier molecular flexibility index (Phi) is 5.40. The number of rotatable bonds is 5. The maximum Gasteiger partial charge on any atom is 0.0813 e. The van der Waals surface area contributed by atoms with Gasteiger partial charge >= 0.3 is 0 Å². The second-order valence-corrected chi connectivity index (χ2v) is 7.69. The number of hydrazone groups is 1. The zero-order chi connectivity index (χ0) is 18.6. The summed E-state index contributed by atoms with van der Waals surface area (Å²) >= 11 is 0. The first-order valence-electron chi connectivity index (χ1n) is 10.1. The second-order valence-electron chi connectivity index (χ2n) is 7.69. The van der Waals surface area contributed by atoms with Gasteiger partial charge in [-0.25, -0.2) is 0 Å². The molecule has 0 spiro atoms. The van der Waals surface area contributed by atoms with Gasteiger partial charge in [-0.3, -0.25) is 9.91 Å². The predicted molar refractivity (Wildman–Crippen MR) is 114 cm³/mol. The van der Waals surface area contributed by atoms with Crippen LogP contribution in [0, 0.1) is 5.92 Å². The average molecular weight is 360 g/mol. The van der Waals surface area contributed by atoms with Crippen LogP contribution in [0.3, 0.4) is 0 Å². The van der Waals surface area contributed by atoms with Gasteiger partial charge < -0.3 is 0 Å². The third kappa shape index (κ3) is 3.84. The zero-order valence-corrected chi connectivity index (χ0v) is 16.4. The average Bonchev–Trinajstić information content (AvgIpc) is 3.04. The standard InChI is InChI=1S/C24H29N3/c1-3-4-15-27-17-21(16-19-11-7-5-8-12-19)23-22(18-27)24(26(2)25-23)20-13-9-6-10-14-20/h5-14,16,22,24H,3-4,15,17-18H2,1-2H3/b21-16+. The molecule has 0 aromatic heterocycles. The minimum Gasteiger partial charge on any atom is -0.298 e. The zero-order valence-electron chi connectivity index (χ0n) is 16.4. The number of likely N-dealkylation sites (tertiary alicyclic amines) is 1. The highest BCUT2D eigenvalue weighted by atomic mass is 15.5. The molecule has 2 aliphatic rings. The molecule has 2 atom stereocenters. The maximum atomic E-state index is 5.02. The van der Waals surface area contributed by atoms with Crippen molar-refractivity contribution in [2.24, 2.45) is 11.0 Å². The van der Waals surface area contributed by atoms with Crippen LogP contribution in [-0.4, -0.2) is 42.3 Å². The van der Waals surface area contributed by atoms with Gasteiger partial charge in [-0.2, -0.15) is 5.10 Å². The normalized spacial score (nSPS) is 24.1. The van der Waals surface area contributed by atoms with Gasteiger partial charge in [0, 0.05) is 26.1 Å². The largest absolute Gasteiger partial charge is 0.298 e. The van der Waals surface area contributed by atoms with E-state index in [0.29, 0.717) is 12.0 Å². The molecule has 2 aromatic carbocycles. The number of hydrogen-bond acceptors (Lipinski definition) is 3. The summed E-state index contributed by atoms with van der Waals surface area (Å²) in [6, 6.07) is 21.8. The van der Waals surface area contributed by atoms with Crippen LogP contribution in [-0.2, 0) is 0 Å². The van der Waals surface area contributed by atoms with Crippen LogP contribution in [0.25, 0.3) is 6.08 Å². The van der Waals surface area contributed by atoms with Crippen molar-refractivity contribution in [3.8, 4) is 0 Å². The molecule has 4 rings (SSSR count). The molecule has 3 nitrogen and oxygen atoms in total. The van der Waals surface area contributed by atoms with Gasteiger partial charge in [0.2, 0.25) is 0 Å². The first kappa shape index (κ1) is 18.0. The summed E-state index contributed by atoms with van der Waals surface area (Å²) in [7, 11) is 2.12. The molecule has 2 unspecified atom stereocenters. The third-order valence-corrected chi connectivity index (χ3v) is 5.69. The Hall–Kier alpha value is -2.39. The molecule has 3 heteroatoms. The number of nitrogens with zero attached hydrogens (tertiary/aromatic N) is 3. The molecule has 0 bridgehead atoms. The molecule has 0 saturated carbocycles. The Morgan fingerprint density at radius 3 is 2.44 bits per heavy atom. The Labute approximate surface area is 163 Å². The topological polar surface area (TPSA) is 18.8 Å². The summed E-state index contributed by atoms with van der Waals surface area (Å²) < 4.78 is 0. The molecule has 2 heterocycles. The van der Waals surface area contributed by atoms with Crippen molar-refractivity contribution in [2.45, 2.75) is 25.8 Å². The van der Waals surface area contributed by atoms with E-state index in [1.165, 1.54) is 35.3 Å². The molecular weight excluding hydrogens is 330 g/mol. The first-order valence-corrected chi connectivity index (χ1v) is 10.1. The molecule has 2 aromatic rings. The molecular formula is C24H29N3. The van der Waals surface area contributed by atoms with Crippen molar-refractivity contribution in [1.82, 2.24) is 9.91 Å². The van der Waals surface area contributed by atoms with E-state index in [4.69, 9.17) is 5.10 Å². The van der Waals surface area contributed by atoms with Crippen LogP contribution in [0.2, 0.25) is 0 Å². The molecule has 0 radical (unpaired) electrons. The van der Waals surface area contributed by atoms with E-state index in [9.17, 15) is 0 Å². The van der Waals surface area contributed by atoms with Gasteiger partial charge in [-0.05, 0) is 35.7 Å². The highest BCUT2D eigenvalue weighted by Crippen LogP contribution is 2.39. The van der Waals surface area contributed by atoms with Crippen LogP contribution in [0.15, 0.2) is 71.3 Å². The molecule has 0 N–H and O–H groups in total. The van der Waals surface area contributed by atoms with Crippen LogP contribution >= 0.6 is 0 Å². The fraction of sp³-hybridized carbons (Fsp3) is 0.375. The van der Waals surface area contributed by atoms with Gasteiger partial charge in [-0.1, -0.05) is 74.0 Å². The fourth-order valence-corrected chi connectivity index (χ4v) is 4.39. The number of piperidine rings is 1. The van der Waals surface area contributed by atoms with E-state index < -0.39 is 0 Å². The summed E-state index contributed by atoms with van der Waals surface area (Å²) in [5.74, 6) is 0.429. The lowest BCUT2D eigenvalue weighted by Crippen LogP contribution is -2.43. The lowest BCUT2D eigenvalue weighted by Gasteiger charge is -2.36. The summed E-state index contributed by atoms with van der Waals surface area (Å²) in [6.45, 7) is 5.53. The summed E-state index contributed by atoms with van der Waals surface area (Å²) in [5.41, 5.74) is 5.28. The highest BCUT2D eigenvalue weighted by molar-refractivity contribution is 6.07. The van der Waals surface area contributed by atoms with E-state index >= 15 is 0 Å². The smallest absolute Gasteiger partial charge is 0.0813 e. The lowest BCUT2D eigenvalue weighted by molar-refractivity contribution is 0.193. The summed E-state index contributed by atoms with van der Waals surface area (Å²) in [6.07, 6.45) is 4.83. The molecule has 1 fully saturated rings. The maximum absolute atomic E-state index is 5.02. The number of unbranched alkanes of at least 4 members (excludes halogenated alkanes) is 1. The van der Waals surface area contributed by atoms with Crippen LogP contribution in [0.4, 0.5) is 0 Å². The summed E-state index contributed by atoms with van der Waals surface area (Å²) in [4.78, 5) is 2.62. The highest BCUT2D eigenvalue weighted by Gasteiger charge is 2.41. The van der Waals surface area contributed by atoms with E-state index in [2.05, 4.69) is 90.6 Å². The van der Waals surface area contributed by atoms with Crippen molar-refractivity contribution >= 4 is 11.8 Å². The van der Waals surface area contributed by atoms with Crippen molar-refractivity contribution in [2.75, 3.05) is 26.7 Å². The van der Waals surface area contributed by atoms with E-state index in [1.807, 2.05) is 0 Å². The third-order valence-electron chi connectivity index (χ3n) is 5.69. The fourth-order valence-electron chi connectivity index (χ4n) is 4.39. The van der Waals surface area contributed by atoms with Crippen molar-refractivity contribution < 1.29 is 0 Å². The van der Waals surface area contributed by atoms with Gasteiger partial charge in [0.1, 0.15) is 0 Å². The minimum absolute atomic E-state index is 0.324. The van der Waals surface area contributed by atoms with Crippen molar-refractivity contribution in [3.05, 3.63) is 77.4 Å². The Morgan fingerprint density at radius 2 is 1.74 bits per heavy atom. The minimum atomic E-state index is 0.324. The molecule has 2 aliphatic heterocycles. The number of hydrogen-bond donors (Lipinski definition) is 0. The van der Waals surface area contributed by atoms with Crippen LogP contribution in [0.5, 0.6) is 0 Å². The van der Waals surface area contributed by atoms with Crippen molar-refractivity contribution in [1.29, 1.82) is 0 Å². The Morgan fingerprint density at radius 1 is 1.04 bits per heavy atom. The predicted octanol–water partition coefficient (Wildman–Crippen LogP) is 4.84. The van der Waals surface area contributed by atoms with Gasteiger partial charge in [-0.15, -0.1) is 0 Å². The quantitative estimate of drug-likeness (QED) is 0.760. The van der Waals surface area contributed by atoms with Crippen molar-refractivity contribution in [3.63, 3.8) is 0 Å². The van der Waals surface area contributed by atoms with E-state index in [0.717, 1.165) is 19.6 Å². The molecule has 140 valence electrons. The van der Waals surface area contributed by atoms with Gasteiger partial charge in [0.15, 0.2) is 0 Å². The molecule has 0 aliphatic carbocycles. The number of fused-ring (bicyclic) bond motifs is 1.